The van der Waals surface area contributed by atoms with Crippen LogP contribution in [-0.2, 0) is 14.3 Å². The minimum Gasteiger partial charge on any atom is -0.363 e. The normalized spacial score (nSPS) is 30.1. The Kier molecular flexibility index (Phi) is 4.76. The van der Waals surface area contributed by atoms with E-state index in [1.54, 1.807) is 0 Å². The van der Waals surface area contributed by atoms with Gasteiger partial charge in [-0.3, -0.25) is 9.59 Å². The van der Waals surface area contributed by atoms with E-state index in [1.807, 2.05) is 0 Å². The third-order valence-electron chi connectivity index (χ3n) is 6.32. The van der Waals surface area contributed by atoms with Crippen molar-refractivity contribution in [2.45, 2.75) is 25.4 Å². The van der Waals surface area contributed by atoms with Gasteiger partial charge in [-0.2, -0.15) is 0 Å². The molecule has 0 N–H and O–H groups in total. The van der Waals surface area contributed by atoms with E-state index in [-0.39, 0.29) is 41.4 Å². The molecule has 0 radical (unpaired) electrons. The molecule has 0 spiro atoms. The highest BCUT2D eigenvalue weighted by Crippen LogP contribution is 2.46. The molecule has 0 amide bonds. The van der Waals surface area contributed by atoms with Gasteiger partial charge in [0, 0.05) is 29.6 Å². The molecule has 2 unspecified atom stereocenters. The van der Waals surface area contributed by atoms with Crippen LogP contribution in [0.5, 0.6) is 0 Å². The molecule has 0 aromatic heterocycles. The van der Waals surface area contributed by atoms with Crippen molar-refractivity contribution in [3.63, 3.8) is 0 Å². The third-order valence-corrected chi connectivity index (χ3v) is 6.32. The minimum absolute atomic E-state index is 0.0417. The fraction of sp³-hybridized carbons (Fsp3) is 0.333. The van der Waals surface area contributed by atoms with Gasteiger partial charge in [-0.15, -0.1) is 0 Å². The molecule has 4 aliphatic rings. The average molecular weight is 407 g/mol. The van der Waals surface area contributed by atoms with E-state index in [0.29, 0.717) is 12.2 Å². The van der Waals surface area contributed by atoms with E-state index in [9.17, 15) is 14.0 Å². The molecule has 30 heavy (non-hydrogen) atoms. The summed E-state index contributed by atoms with van der Waals surface area (Å²) in [7, 11) is 0. The Hall–Kier alpha value is -2.83. The predicted octanol–water partition coefficient (Wildman–Crippen LogP) is 3.49. The number of para-hydroxylation sites is 1. The maximum atomic E-state index is 12.4. The largest absolute Gasteiger partial charge is 0.363 e. The van der Waals surface area contributed by atoms with E-state index in [1.165, 1.54) is 42.4 Å². The van der Waals surface area contributed by atoms with Crippen molar-refractivity contribution in [2.24, 2.45) is 11.8 Å². The highest BCUT2D eigenvalue weighted by Gasteiger charge is 2.57. The van der Waals surface area contributed by atoms with Gasteiger partial charge in [0.05, 0.1) is 18.8 Å². The van der Waals surface area contributed by atoms with Gasteiger partial charge < -0.3 is 14.4 Å². The number of ether oxygens (including phenoxy) is 2. The van der Waals surface area contributed by atoms with Gasteiger partial charge in [0.25, 0.3) is 0 Å². The van der Waals surface area contributed by atoms with Crippen LogP contribution in [0.1, 0.15) is 22.8 Å². The van der Waals surface area contributed by atoms with Crippen LogP contribution in [0.2, 0.25) is 0 Å². The minimum atomic E-state index is -0.609. The van der Waals surface area contributed by atoms with Gasteiger partial charge >= 0.3 is 0 Å². The van der Waals surface area contributed by atoms with Crippen LogP contribution in [0.25, 0.3) is 6.08 Å². The number of carbonyl (C=O) groups is 2. The lowest BCUT2D eigenvalue weighted by Crippen LogP contribution is -2.45. The van der Waals surface area contributed by atoms with E-state index < -0.39 is 6.29 Å². The van der Waals surface area contributed by atoms with Crippen molar-refractivity contribution in [3.05, 3.63) is 71.6 Å². The van der Waals surface area contributed by atoms with Gasteiger partial charge in [-0.1, -0.05) is 30.4 Å². The number of Topliss-reactive ketones (excluding diaryl/α,β-unsaturated/α-hetero) is 2. The molecule has 0 aliphatic carbocycles. The summed E-state index contributed by atoms with van der Waals surface area (Å²) in [6.45, 7) is 2.79. The first kappa shape index (κ1) is 19.2. The SMILES string of the molecule is CC(=O)c1ccc(F)cc1.O=C1C2OCC(O2)[C@@H]2[C@H]3C=Cc4ccccc4N3C[C@@H]12. The zero-order chi connectivity index (χ0) is 20.8. The number of anilines is 1. The highest BCUT2D eigenvalue weighted by atomic mass is 19.1. The Labute approximate surface area is 174 Å². The topological polar surface area (TPSA) is 55.8 Å². The maximum Gasteiger partial charge on any atom is 0.218 e. The first-order chi connectivity index (χ1) is 14.5. The van der Waals surface area contributed by atoms with Crippen LogP contribution >= 0.6 is 0 Å². The van der Waals surface area contributed by atoms with E-state index in [0.717, 1.165) is 6.54 Å². The lowest BCUT2D eigenvalue weighted by molar-refractivity contribution is -0.162. The van der Waals surface area contributed by atoms with Crippen molar-refractivity contribution >= 4 is 23.3 Å². The lowest BCUT2D eigenvalue weighted by atomic mass is 9.81. The van der Waals surface area contributed by atoms with Crippen molar-refractivity contribution in [2.75, 3.05) is 18.1 Å². The van der Waals surface area contributed by atoms with Crippen LogP contribution in [0.3, 0.4) is 0 Å². The van der Waals surface area contributed by atoms with E-state index in [4.69, 9.17) is 9.47 Å². The molecule has 154 valence electrons. The first-order valence-electron chi connectivity index (χ1n) is 10.1. The second-order valence-electron chi connectivity index (χ2n) is 8.05. The summed E-state index contributed by atoms with van der Waals surface area (Å²) in [4.78, 5) is 25.4. The van der Waals surface area contributed by atoms with Gasteiger partial charge in [0.2, 0.25) is 6.29 Å². The van der Waals surface area contributed by atoms with Crippen LogP contribution in [0.4, 0.5) is 10.1 Å². The molecular formula is C24H22FNO4. The number of benzene rings is 2. The summed E-state index contributed by atoms with van der Waals surface area (Å²) in [5.74, 6) is 0.0435. The molecule has 5 nitrogen and oxygen atoms in total. The van der Waals surface area contributed by atoms with Crippen LogP contribution in [0, 0.1) is 17.7 Å². The Morgan fingerprint density at radius 2 is 1.90 bits per heavy atom. The van der Waals surface area contributed by atoms with E-state index >= 15 is 0 Å². The monoisotopic (exact) mass is 407 g/mol. The molecule has 5 atom stereocenters. The molecule has 0 saturated carbocycles. The van der Waals surface area contributed by atoms with Crippen LogP contribution in [0.15, 0.2) is 54.6 Å². The average Bonchev–Trinajstić information content (AvgIpc) is 3.36. The molecule has 4 aliphatic heterocycles. The Morgan fingerprint density at radius 3 is 2.67 bits per heavy atom. The fourth-order valence-electron chi connectivity index (χ4n) is 4.87. The van der Waals surface area contributed by atoms with Gasteiger partial charge in [-0.25, -0.2) is 4.39 Å². The lowest BCUT2D eigenvalue weighted by Gasteiger charge is -2.34. The van der Waals surface area contributed by atoms with Crippen molar-refractivity contribution < 1.29 is 23.5 Å². The Bertz CT molecular complexity index is 1020. The molecule has 3 fully saturated rings. The van der Waals surface area contributed by atoms with E-state index in [2.05, 4.69) is 41.3 Å². The van der Waals surface area contributed by atoms with Gasteiger partial charge in [0.1, 0.15) is 5.82 Å². The van der Waals surface area contributed by atoms with Crippen molar-refractivity contribution in [1.29, 1.82) is 0 Å². The number of ketones is 2. The maximum absolute atomic E-state index is 12.4. The molecular weight excluding hydrogens is 385 g/mol. The summed E-state index contributed by atoms with van der Waals surface area (Å²) in [6, 6.07) is 14.1. The summed E-state index contributed by atoms with van der Waals surface area (Å²) in [6.07, 6.45) is 3.85. The zero-order valence-corrected chi connectivity index (χ0v) is 16.5. The first-order valence-corrected chi connectivity index (χ1v) is 10.1. The van der Waals surface area contributed by atoms with Gasteiger partial charge in [0.15, 0.2) is 11.6 Å². The second kappa shape index (κ2) is 7.45. The predicted molar refractivity (Wildman–Crippen MR) is 110 cm³/mol. The molecule has 3 saturated heterocycles. The number of carbonyl (C=O) groups excluding carboxylic acids is 2. The summed E-state index contributed by atoms with van der Waals surface area (Å²) in [5, 5.41) is 0. The second-order valence-corrected chi connectivity index (χ2v) is 8.05. The van der Waals surface area contributed by atoms with Crippen LogP contribution < -0.4 is 4.90 Å². The fourth-order valence-corrected chi connectivity index (χ4v) is 4.87. The highest BCUT2D eigenvalue weighted by molar-refractivity contribution is 5.93. The standard InChI is InChI=1S/C16H15NO3.C8H7FO/c18-15-10-7-17-11-4-2-1-3-9(11)5-6-12(17)14(10)13-8-19-16(15)20-13;1-6(10)7-2-4-8(9)5-3-7/h1-6,10,12-14,16H,7-8H2;2-5H,1H3/t10-,12-,13?,14+,16?;/m1./s1. The summed E-state index contributed by atoms with van der Waals surface area (Å²) < 4.78 is 23.4. The van der Waals surface area contributed by atoms with Crippen LogP contribution in [-0.4, -0.2) is 43.2 Å². The number of hydrogen-bond donors (Lipinski definition) is 0. The third kappa shape index (κ3) is 3.16. The zero-order valence-electron chi connectivity index (χ0n) is 16.5. The number of hydrogen-bond acceptors (Lipinski definition) is 5. The molecule has 2 aromatic carbocycles. The number of rotatable bonds is 1. The quantitative estimate of drug-likeness (QED) is 0.678. The molecule has 2 bridgehead atoms. The Balaban J connectivity index is 0.000000164. The summed E-state index contributed by atoms with van der Waals surface area (Å²) >= 11 is 0. The Morgan fingerprint density at radius 1 is 1.13 bits per heavy atom. The summed E-state index contributed by atoms with van der Waals surface area (Å²) in [5.41, 5.74) is 3.01. The smallest absolute Gasteiger partial charge is 0.218 e. The number of halogens is 1. The molecule has 4 heterocycles. The molecule has 2 aromatic rings. The van der Waals surface area contributed by atoms with Gasteiger partial charge in [-0.05, 0) is 42.8 Å². The molecule has 6 heteroatoms. The number of fused-ring (bicyclic) bond motifs is 8. The van der Waals surface area contributed by atoms with Crippen molar-refractivity contribution in [3.8, 4) is 0 Å². The molecule has 6 rings (SSSR count). The van der Waals surface area contributed by atoms with Crippen molar-refractivity contribution in [1.82, 2.24) is 0 Å². The number of nitrogens with zero attached hydrogens (tertiary/aromatic N) is 1.